The van der Waals surface area contributed by atoms with Gasteiger partial charge in [0.25, 0.3) is 6.47 Å². The molecule has 188 valence electrons. The van der Waals surface area contributed by atoms with E-state index in [2.05, 4.69) is 42.7 Å². The van der Waals surface area contributed by atoms with Crippen LogP contribution in [0.1, 0.15) is 62.5 Å². The number of carbonyl (C=O) groups excluding carboxylic acids is 1. The molecule has 1 aliphatic heterocycles. The number of hydrogen-bond acceptors (Lipinski definition) is 4. The van der Waals surface area contributed by atoms with Crippen molar-refractivity contribution < 1.29 is 14.1 Å². The van der Waals surface area contributed by atoms with E-state index < -0.39 is 11.2 Å². The van der Waals surface area contributed by atoms with Crippen molar-refractivity contribution in [3.63, 3.8) is 0 Å². The number of likely N-dealkylation sites (tertiary alicyclic amines) is 1. The quantitative estimate of drug-likeness (QED) is 0.216. The predicted molar refractivity (Wildman–Crippen MR) is 143 cm³/mol. The smallest absolute Gasteiger partial charge is 0.293 e. The fourth-order valence-electron chi connectivity index (χ4n) is 6.02. The zero-order chi connectivity index (χ0) is 24.7. The standard InChI is InChI=1S/C30H39NO3S/c1-24(2)28-14-15-30(22-34-23-32,16-19-35(33)27-8-4-3-5-9-27)20-29(28)26-12-10-25(11-13-26)21-31-17-6-7-18-31/h3-5,8-13,23,28-29H,1,6-7,14-22H2,2H3/t28-,29-,30+,35?/m0/s1. The lowest BCUT2D eigenvalue weighted by Crippen LogP contribution is -2.38. The SMILES string of the molecule is C=C(C)[C@@H]1CC[C@](CC[S+]([O-])c2ccccc2)(COC=O)C[C@H]1c1ccc(CN2CCCC2)cc1. The summed E-state index contributed by atoms with van der Waals surface area (Å²) < 4.78 is 18.4. The van der Waals surface area contributed by atoms with E-state index in [9.17, 15) is 9.35 Å². The molecular formula is C30H39NO3S. The van der Waals surface area contributed by atoms with Crippen molar-refractivity contribution in [2.45, 2.75) is 62.8 Å². The molecule has 0 radical (unpaired) electrons. The molecule has 0 aromatic heterocycles. The van der Waals surface area contributed by atoms with Gasteiger partial charge in [0.2, 0.25) is 0 Å². The zero-order valence-corrected chi connectivity index (χ0v) is 21.8. The fourth-order valence-corrected chi connectivity index (χ4v) is 7.34. The van der Waals surface area contributed by atoms with Crippen molar-refractivity contribution in [1.29, 1.82) is 0 Å². The van der Waals surface area contributed by atoms with Crippen molar-refractivity contribution in [1.82, 2.24) is 4.90 Å². The Hall–Kier alpha value is -2.08. The molecule has 4 atom stereocenters. The third-order valence-electron chi connectivity index (χ3n) is 8.05. The Labute approximate surface area is 213 Å². The highest BCUT2D eigenvalue weighted by Crippen LogP contribution is 2.51. The molecule has 1 unspecified atom stereocenters. The number of allylic oxidation sites excluding steroid dienone is 1. The highest BCUT2D eigenvalue weighted by atomic mass is 32.2. The fraction of sp³-hybridized carbons (Fsp3) is 0.500. The average Bonchev–Trinajstić information content (AvgIpc) is 3.40. The normalized spacial score (nSPS) is 25.8. The average molecular weight is 494 g/mol. The highest BCUT2D eigenvalue weighted by molar-refractivity contribution is 7.91. The summed E-state index contributed by atoms with van der Waals surface area (Å²) >= 11 is -1.06. The molecule has 5 heteroatoms. The maximum atomic E-state index is 13.0. The Balaban J connectivity index is 1.51. The van der Waals surface area contributed by atoms with Crippen LogP contribution in [-0.2, 0) is 27.3 Å². The number of nitrogens with zero attached hydrogens (tertiary/aromatic N) is 1. The molecule has 0 spiro atoms. The Morgan fingerprint density at radius 3 is 2.54 bits per heavy atom. The van der Waals surface area contributed by atoms with Crippen LogP contribution in [0.4, 0.5) is 0 Å². The van der Waals surface area contributed by atoms with Gasteiger partial charge >= 0.3 is 0 Å². The summed E-state index contributed by atoms with van der Waals surface area (Å²) in [5.41, 5.74) is 3.75. The minimum Gasteiger partial charge on any atom is -0.611 e. The van der Waals surface area contributed by atoms with Crippen molar-refractivity contribution in [3.05, 3.63) is 77.9 Å². The van der Waals surface area contributed by atoms with E-state index in [4.69, 9.17) is 4.74 Å². The number of rotatable bonds is 11. The van der Waals surface area contributed by atoms with Crippen molar-refractivity contribution in [2.75, 3.05) is 25.4 Å². The summed E-state index contributed by atoms with van der Waals surface area (Å²) in [6.07, 6.45) is 6.26. The van der Waals surface area contributed by atoms with Crippen LogP contribution in [0.2, 0.25) is 0 Å². The summed E-state index contributed by atoms with van der Waals surface area (Å²) in [7, 11) is 0. The molecule has 1 aliphatic carbocycles. The largest absolute Gasteiger partial charge is 0.611 e. The van der Waals surface area contributed by atoms with E-state index in [1.165, 1.54) is 42.6 Å². The molecule has 4 rings (SSSR count). The van der Waals surface area contributed by atoms with E-state index in [0.29, 0.717) is 30.7 Å². The van der Waals surface area contributed by atoms with Crippen molar-refractivity contribution >= 4 is 17.6 Å². The van der Waals surface area contributed by atoms with Gasteiger partial charge in [-0.25, -0.2) is 0 Å². The first-order valence-electron chi connectivity index (χ1n) is 12.9. The zero-order valence-electron chi connectivity index (χ0n) is 21.0. The molecule has 0 N–H and O–H groups in total. The Kier molecular flexibility index (Phi) is 9.10. The third-order valence-corrected chi connectivity index (χ3v) is 9.42. The number of carbonyl (C=O) groups is 1. The lowest BCUT2D eigenvalue weighted by Gasteiger charge is -2.45. The first kappa shape index (κ1) is 26.0. The van der Waals surface area contributed by atoms with Crippen LogP contribution in [0.15, 0.2) is 71.6 Å². The minimum atomic E-state index is -1.06. The first-order valence-corrected chi connectivity index (χ1v) is 14.3. The molecule has 2 aliphatic rings. The van der Waals surface area contributed by atoms with Gasteiger partial charge in [-0.05, 0) is 98.4 Å². The van der Waals surface area contributed by atoms with Crippen LogP contribution in [0, 0.1) is 11.3 Å². The van der Waals surface area contributed by atoms with Gasteiger partial charge in [0, 0.05) is 18.4 Å². The molecule has 0 bridgehead atoms. The molecule has 2 aromatic carbocycles. The molecule has 0 amide bonds. The van der Waals surface area contributed by atoms with Gasteiger partial charge < -0.3 is 9.29 Å². The Morgan fingerprint density at radius 1 is 1.17 bits per heavy atom. The monoisotopic (exact) mass is 493 g/mol. The Bertz CT molecular complexity index is 957. The van der Waals surface area contributed by atoms with Crippen LogP contribution in [0.3, 0.4) is 0 Å². The van der Waals surface area contributed by atoms with Gasteiger partial charge in [0.1, 0.15) is 5.75 Å². The Morgan fingerprint density at radius 2 is 1.89 bits per heavy atom. The highest BCUT2D eigenvalue weighted by Gasteiger charge is 2.43. The van der Waals surface area contributed by atoms with Gasteiger partial charge in [0.05, 0.1) is 6.61 Å². The second-order valence-electron chi connectivity index (χ2n) is 10.5. The van der Waals surface area contributed by atoms with E-state index in [1.54, 1.807) is 0 Å². The number of ether oxygens (including phenoxy) is 1. The van der Waals surface area contributed by atoms with Crippen molar-refractivity contribution in [2.24, 2.45) is 11.3 Å². The maximum Gasteiger partial charge on any atom is 0.293 e. The van der Waals surface area contributed by atoms with Gasteiger partial charge in [0.15, 0.2) is 4.90 Å². The molecule has 2 fully saturated rings. The number of hydrogen-bond donors (Lipinski definition) is 0. The number of benzene rings is 2. The molecule has 1 heterocycles. The van der Waals surface area contributed by atoms with Gasteiger partial charge in [-0.3, -0.25) is 9.69 Å². The molecule has 1 saturated heterocycles. The maximum absolute atomic E-state index is 13.0. The van der Waals surface area contributed by atoms with Crippen LogP contribution in [0.25, 0.3) is 0 Å². The van der Waals surface area contributed by atoms with E-state index >= 15 is 0 Å². The lowest BCUT2D eigenvalue weighted by molar-refractivity contribution is -0.133. The lowest BCUT2D eigenvalue weighted by atomic mass is 9.61. The van der Waals surface area contributed by atoms with Gasteiger partial charge in [-0.15, -0.1) is 0 Å². The summed E-state index contributed by atoms with van der Waals surface area (Å²) in [5.74, 6) is 1.30. The molecular weight excluding hydrogens is 454 g/mol. The van der Waals surface area contributed by atoms with Crippen molar-refractivity contribution in [3.8, 4) is 0 Å². The summed E-state index contributed by atoms with van der Waals surface area (Å²) in [5, 5.41) is 0. The third kappa shape index (κ3) is 6.78. The molecule has 1 saturated carbocycles. The van der Waals surface area contributed by atoms with E-state index in [1.807, 2.05) is 30.3 Å². The van der Waals surface area contributed by atoms with E-state index in [-0.39, 0.29) is 5.41 Å². The van der Waals surface area contributed by atoms with Crippen LogP contribution < -0.4 is 0 Å². The van der Waals surface area contributed by atoms with Crippen LogP contribution in [0.5, 0.6) is 0 Å². The second kappa shape index (κ2) is 12.2. The van der Waals surface area contributed by atoms with E-state index in [0.717, 1.165) is 37.1 Å². The molecule has 2 aromatic rings. The first-order chi connectivity index (χ1) is 17.0. The second-order valence-corrected chi connectivity index (χ2v) is 12.1. The predicted octanol–water partition coefficient (Wildman–Crippen LogP) is 6.10. The summed E-state index contributed by atoms with van der Waals surface area (Å²) in [6.45, 7) is 10.8. The molecule has 4 nitrogen and oxygen atoms in total. The minimum absolute atomic E-state index is 0.170. The van der Waals surface area contributed by atoms with Crippen LogP contribution in [-0.4, -0.2) is 41.4 Å². The topological polar surface area (TPSA) is 52.6 Å². The summed E-state index contributed by atoms with van der Waals surface area (Å²) in [4.78, 5) is 14.5. The summed E-state index contributed by atoms with van der Waals surface area (Å²) in [6, 6.07) is 18.8. The molecule has 35 heavy (non-hydrogen) atoms. The van der Waals surface area contributed by atoms with Gasteiger partial charge in [-0.2, -0.15) is 0 Å². The van der Waals surface area contributed by atoms with Crippen LogP contribution >= 0.6 is 0 Å². The van der Waals surface area contributed by atoms with Gasteiger partial charge in [-0.1, -0.05) is 54.6 Å².